The maximum Gasteiger partial charge on any atom is 0.226 e. The van der Waals surface area contributed by atoms with Crippen LogP contribution in [0, 0.1) is 24.7 Å². The molecular weight excluding hydrogens is 596 g/mol. The second kappa shape index (κ2) is 14.0. The van der Waals surface area contributed by atoms with Gasteiger partial charge in [-0.3, -0.25) is 9.59 Å². The van der Waals surface area contributed by atoms with Gasteiger partial charge in [0.1, 0.15) is 28.3 Å². The minimum atomic E-state index is -0.488. The number of carbonyl (C=O) groups excluding carboxylic acids is 2. The lowest BCUT2D eigenvalue weighted by atomic mass is 9.93. The van der Waals surface area contributed by atoms with Gasteiger partial charge < -0.3 is 19.7 Å². The molecule has 5 rings (SSSR count). The summed E-state index contributed by atoms with van der Waals surface area (Å²) in [4.78, 5) is 39.4. The van der Waals surface area contributed by atoms with Crippen molar-refractivity contribution in [2.24, 2.45) is 17.8 Å². The van der Waals surface area contributed by atoms with E-state index in [1.54, 1.807) is 23.3 Å². The first-order valence-corrected chi connectivity index (χ1v) is 17.3. The molecule has 5 atom stereocenters. The summed E-state index contributed by atoms with van der Waals surface area (Å²) < 4.78 is 12.4. The van der Waals surface area contributed by atoms with Crippen molar-refractivity contribution in [2.75, 3.05) is 20.7 Å². The second-order valence-electron chi connectivity index (χ2n) is 13.4. The standard InChI is InChI=1S/C37H48N4O4S/c1-9-11-12-13-16-41(7)36(43)28-18-25(17-27(28)34(42)40-37(6)20-24(37)10-2)45-32-19-29(35-39-30(21-46-35)22(3)4)38-33-23(5)31(44-8)15-14-26(32)33/h9-10,14-15,19,21-22,24-25,27-28H,1-2,11-13,16-18,20H2,3-8H3,(H,40,42). The van der Waals surface area contributed by atoms with Crippen LogP contribution in [0.4, 0.5) is 0 Å². The Bertz CT molecular complexity index is 1620. The van der Waals surface area contributed by atoms with Crippen molar-refractivity contribution >= 4 is 34.1 Å². The van der Waals surface area contributed by atoms with Crippen LogP contribution in [0.25, 0.3) is 21.6 Å². The Kier molecular flexibility index (Phi) is 10.2. The smallest absolute Gasteiger partial charge is 0.226 e. The average molecular weight is 645 g/mol. The van der Waals surface area contributed by atoms with Gasteiger partial charge in [-0.05, 0) is 70.4 Å². The van der Waals surface area contributed by atoms with E-state index in [1.165, 1.54) is 0 Å². The van der Waals surface area contributed by atoms with E-state index in [2.05, 4.69) is 37.7 Å². The fourth-order valence-electron chi connectivity index (χ4n) is 6.60. The van der Waals surface area contributed by atoms with Gasteiger partial charge in [0.05, 0.1) is 30.2 Å². The zero-order valence-electron chi connectivity index (χ0n) is 28.1. The highest BCUT2D eigenvalue weighted by atomic mass is 32.1. The highest BCUT2D eigenvalue weighted by Gasteiger charge is 2.52. The van der Waals surface area contributed by atoms with E-state index < -0.39 is 11.8 Å². The van der Waals surface area contributed by atoms with Crippen molar-refractivity contribution in [1.29, 1.82) is 0 Å². The predicted molar refractivity (Wildman–Crippen MR) is 185 cm³/mol. The molecule has 0 spiro atoms. The minimum absolute atomic E-state index is 0.00377. The van der Waals surface area contributed by atoms with E-state index in [-0.39, 0.29) is 29.4 Å². The van der Waals surface area contributed by atoms with E-state index >= 15 is 0 Å². The zero-order chi connectivity index (χ0) is 33.2. The molecule has 2 heterocycles. The van der Waals surface area contributed by atoms with Crippen molar-refractivity contribution in [2.45, 2.75) is 83.8 Å². The van der Waals surface area contributed by atoms with E-state index in [1.807, 2.05) is 51.2 Å². The molecule has 2 aliphatic rings. The highest BCUT2D eigenvalue weighted by Crippen LogP contribution is 2.45. The zero-order valence-corrected chi connectivity index (χ0v) is 28.9. The number of pyridine rings is 1. The average Bonchev–Trinajstić information content (AvgIpc) is 3.35. The van der Waals surface area contributed by atoms with Crippen molar-refractivity contribution < 1.29 is 19.1 Å². The van der Waals surface area contributed by atoms with Crippen molar-refractivity contribution in [3.63, 3.8) is 0 Å². The number of carbonyl (C=O) groups is 2. The van der Waals surface area contributed by atoms with Crippen LogP contribution in [0.1, 0.15) is 76.5 Å². The molecule has 2 amide bonds. The molecule has 246 valence electrons. The second-order valence-corrected chi connectivity index (χ2v) is 14.3. The minimum Gasteiger partial charge on any atom is -0.496 e. The molecule has 8 nitrogen and oxygen atoms in total. The Labute approximate surface area is 277 Å². The Morgan fingerprint density at radius 2 is 1.93 bits per heavy atom. The molecule has 1 N–H and O–H groups in total. The summed E-state index contributed by atoms with van der Waals surface area (Å²) >= 11 is 1.57. The number of rotatable bonds is 14. The number of amides is 2. The molecule has 0 bridgehead atoms. The van der Waals surface area contributed by atoms with E-state index in [9.17, 15) is 9.59 Å². The number of aryl methyl sites for hydroxylation is 1. The summed E-state index contributed by atoms with van der Waals surface area (Å²) in [6, 6.07) is 5.85. The van der Waals surface area contributed by atoms with Gasteiger partial charge in [-0.15, -0.1) is 24.5 Å². The van der Waals surface area contributed by atoms with E-state index in [0.717, 1.165) is 64.3 Å². The molecule has 0 saturated heterocycles. The maximum absolute atomic E-state index is 13.9. The molecule has 2 fully saturated rings. The third-order valence-corrected chi connectivity index (χ3v) is 10.6. The number of methoxy groups -OCH3 is 1. The number of hydrogen-bond acceptors (Lipinski definition) is 7. The Morgan fingerprint density at radius 3 is 2.59 bits per heavy atom. The number of thiazole rings is 1. The lowest BCUT2D eigenvalue weighted by Crippen LogP contribution is -2.44. The summed E-state index contributed by atoms with van der Waals surface area (Å²) in [5.74, 6) is 0.921. The number of nitrogens with one attached hydrogen (secondary N) is 1. The van der Waals surface area contributed by atoms with Crippen LogP contribution < -0.4 is 14.8 Å². The molecule has 0 radical (unpaired) electrons. The van der Waals surface area contributed by atoms with Gasteiger partial charge in [0.2, 0.25) is 11.8 Å². The van der Waals surface area contributed by atoms with E-state index in [4.69, 9.17) is 19.4 Å². The number of hydrogen-bond donors (Lipinski definition) is 1. The van der Waals surface area contributed by atoms with Gasteiger partial charge in [-0.2, -0.15) is 0 Å². The molecule has 1 aromatic carbocycles. The Morgan fingerprint density at radius 1 is 1.17 bits per heavy atom. The highest BCUT2D eigenvalue weighted by molar-refractivity contribution is 7.13. The first-order chi connectivity index (χ1) is 22.0. The molecule has 5 unspecified atom stereocenters. The van der Waals surface area contributed by atoms with Crippen LogP contribution in [0.3, 0.4) is 0 Å². The third kappa shape index (κ3) is 6.99. The van der Waals surface area contributed by atoms with Gasteiger partial charge in [-0.25, -0.2) is 9.97 Å². The first-order valence-electron chi connectivity index (χ1n) is 16.4. The predicted octanol–water partition coefficient (Wildman–Crippen LogP) is 7.47. The van der Waals surface area contributed by atoms with Crippen LogP contribution in [-0.4, -0.2) is 59.0 Å². The summed E-state index contributed by atoms with van der Waals surface area (Å²) in [5, 5.41) is 7.01. The first kappa shape index (κ1) is 33.6. The van der Waals surface area contributed by atoms with Gasteiger partial charge in [0.25, 0.3) is 0 Å². The normalized spacial score (nSPS) is 23.7. The fraction of sp³-hybridized carbons (Fsp3) is 0.514. The third-order valence-electron chi connectivity index (χ3n) is 9.69. The van der Waals surface area contributed by atoms with Gasteiger partial charge in [-0.1, -0.05) is 26.0 Å². The summed E-state index contributed by atoms with van der Waals surface area (Å²) in [7, 11) is 3.50. The van der Waals surface area contributed by atoms with Gasteiger partial charge in [0, 0.05) is 47.4 Å². The van der Waals surface area contributed by atoms with Crippen LogP contribution in [0.15, 0.2) is 48.9 Å². The molecule has 9 heteroatoms. The molecule has 3 aromatic rings. The van der Waals surface area contributed by atoms with Crippen LogP contribution >= 0.6 is 11.3 Å². The molecule has 2 saturated carbocycles. The molecular formula is C37H48N4O4S. The largest absolute Gasteiger partial charge is 0.496 e. The molecule has 46 heavy (non-hydrogen) atoms. The SMILES string of the molecule is C=CCCCCN(C)C(=O)C1CC(Oc2cc(-c3nc(C(C)C)cs3)nc3c(C)c(OC)ccc23)CC1C(=O)NC1(C)CC1C=C. The summed E-state index contributed by atoms with van der Waals surface area (Å²) in [6.45, 7) is 16.7. The number of ether oxygens (including phenoxy) is 2. The van der Waals surface area contributed by atoms with E-state index in [0.29, 0.717) is 31.1 Å². The van der Waals surface area contributed by atoms with Crippen molar-refractivity contribution in [1.82, 2.24) is 20.2 Å². The monoisotopic (exact) mass is 644 g/mol. The van der Waals surface area contributed by atoms with Crippen LogP contribution in [0.2, 0.25) is 0 Å². The van der Waals surface area contributed by atoms with Crippen LogP contribution in [-0.2, 0) is 9.59 Å². The summed E-state index contributed by atoms with van der Waals surface area (Å²) in [6.07, 6.45) is 8.02. The molecule has 2 aromatic heterocycles. The summed E-state index contributed by atoms with van der Waals surface area (Å²) in [5.41, 5.74) is 3.14. The topological polar surface area (TPSA) is 93.7 Å². The Balaban J connectivity index is 1.46. The number of unbranched alkanes of at least 4 members (excludes halogenated alkanes) is 2. The lowest BCUT2D eigenvalue weighted by Gasteiger charge is -2.25. The number of benzene rings is 1. The van der Waals surface area contributed by atoms with Gasteiger partial charge in [0.15, 0.2) is 0 Å². The molecule has 2 aliphatic carbocycles. The number of allylic oxidation sites excluding steroid dienone is 1. The van der Waals surface area contributed by atoms with Crippen molar-refractivity contribution in [3.8, 4) is 22.2 Å². The Hall–Kier alpha value is -3.72. The number of aromatic nitrogens is 2. The fourth-order valence-corrected chi connectivity index (χ4v) is 7.54. The quantitative estimate of drug-likeness (QED) is 0.145. The molecule has 0 aliphatic heterocycles. The maximum atomic E-state index is 13.9. The lowest BCUT2D eigenvalue weighted by molar-refractivity contribution is -0.140. The van der Waals surface area contributed by atoms with Crippen LogP contribution in [0.5, 0.6) is 11.5 Å². The number of nitrogens with zero attached hydrogens (tertiary/aromatic N) is 3. The van der Waals surface area contributed by atoms with Crippen molar-refractivity contribution in [3.05, 3.63) is 60.1 Å². The number of fused-ring (bicyclic) bond motifs is 1. The van der Waals surface area contributed by atoms with Gasteiger partial charge >= 0.3 is 0 Å².